The van der Waals surface area contributed by atoms with Crippen LogP contribution in [0.4, 0.5) is 0 Å². The number of amides is 1. The van der Waals surface area contributed by atoms with Crippen molar-refractivity contribution in [1.82, 2.24) is 15.0 Å². The Bertz CT molecular complexity index is 764. The Kier molecular flexibility index (Phi) is 5.05. The summed E-state index contributed by atoms with van der Waals surface area (Å²) in [6.07, 6.45) is 7.77. The van der Waals surface area contributed by atoms with Gasteiger partial charge in [0, 0.05) is 24.6 Å². The Balaban J connectivity index is 1.45. The van der Waals surface area contributed by atoms with Gasteiger partial charge in [0.2, 0.25) is 17.6 Å². The van der Waals surface area contributed by atoms with Gasteiger partial charge in [0.1, 0.15) is 0 Å². The number of hydrogen-bond acceptors (Lipinski definition) is 4. The molecule has 2 aliphatic rings. The molecule has 1 saturated heterocycles. The van der Waals surface area contributed by atoms with E-state index in [0.717, 1.165) is 37.8 Å². The van der Waals surface area contributed by atoms with Gasteiger partial charge in [0.15, 0.2) is 0 Å². The van der Waals surface area contributed by atoms with Crippen LogP contribution in [0.15, 0.2) is 28.8 Å². The summed E-state index contributed by atoms with van der Waals surface area (Å²) in [4.78, 5) is 19.5. The number of piperidine rings is 1. The van der Waals surface area contributed by atoms with E-state index in [0.29, 0.717) is 24.2 Å². The molecule has 1 unspecified atom stereocenters. The maximum Gasteiger partial charge on any atom is 0.231 e. The number of carbonyl (C=O) groups excluding carboxylic acids is 1. The third-order valence-corrected chi connectivity index (χ3v) is 5.75. The van der Waals surface area contributed by atoms with Crippen molar-refractivity contribution in [3.05, 3.63) is 35.7 Å². The van der Waals surface area contributed by atoms with Gasteiger partial charge >= 0.3 is 0 Å². The first-order chi connectivity index (χ1) is 12.7. The largest absolute Gasteiger partial charge is 0.342 e. The van der Waals surface area contributed by atoms with Crippen molar-refractivity contribution < 1.29 is 9.32 Å². The molecule has 1 aliphatic heterocycles. The summed E-state index contributed by atoms with van der Waals surface area (Å²) in [6, 6.07) is 8.13. The highest BCUT2D eigenvalue weighted by Crippen LogP contribution is 2.31. The molecule has 2 heterocycles. The molecule has 5 nitrogen and oxygen atoms in total. The lowest BCUT2D eigenvalue weighted by Gasteiger charge is -2.34. The van der Waals surface area contributed by atoms with Crippen molar-refractivity contribution in [3.8, 4) is 11.4 Å². The van der Waals surface area contributed by atoms with Crippen molar-refractivity contribution in [2.24, 2.45) is 5.92 Å². The lowest BCUT2D eigenvalue weighted by molar-refractivity contribution is -0.137. The maximum absolute atomic E-state index is 12.9. The zero-order chi connectivity index (χ0) is 17.9. The monoisotopic (exact) mass is 353 g/mol. The lowest BCUT2D eigenvalue weighted by Crippen LogP contribution is -2.42. The van der Waals surface area contributed by atoms with Crippen LogP contribution in [0.25, 0.3) is 11.4 Å². The normalized spacial score (nSPS) is 21.7. The second-order valence-corrected chi connectivity index (χ2v) is 7.78. The number of hydrogen-bond donors (Lipinski definition) is 0. The van der Waals surface area contributed by atoms with Gasteiger partial charge in [0.25, 0.3) is 0 Å². The Morgan fingerprint density at radius 1 is 1.15 bits per heavy atom. The molecular formula is C21H27N3O2. The molecule has 2 aromatic rings. The Morgan fingerprint density at radius 3 is 2.81 bits per heavy atom. The SMILES string of the molecule is Cc1cccc(-c2noc(C3CCCN(C(=O)C4CCCCC4)C3)n2)c1. The lowest BCUT2D eigenvalue weighted by atomic mass is 9.87. The summed E-state index contributed by atoms with van der Waals surface area (Å²) in [6.45, 7) is 3.63. The molecule has 1 aromatic carbocycles. The Morgan fingerprint density at radius 2 is 2.00 bits per heavy atom. The minimum atomic E-state index is 0.155. The van der Waals surface area contributed by atoms with Gasteiger partial charge < -0.3 is 9.42 Å². The van der Waals surface area contributed by atoms with Gasteiger partial charge in [-0.1, -0.05) is 48.2 Å². The van der Waals surface area contributed by atoms with E-state index in [1.165, 1.54) is 24.8 Å². The molecule has 138 valence electrons. The van der Waals surface area contributed by atoms with Crippen LogP contribution >= 0.6 is 0 Å². The molecule has 1 aromatic heterocycles. The molecule has 0 spiro atoms. The minimum absolute atomic E-state index is 0.155. The summed E-state index contributed by atoms with van der Waals surface area (Å²) in [5.41, 5.74) is 2.15. The van der Waals surface area contributed by atoms with Crippen LogP contribution in [-0.2, 0) is 4.79 Å². The van der Waals surface area contributed by atoms with Crippen LogP contribution < -0.4 is 0 Å². The third kappa shape index (κ3) is 3.67. The molecule has 26 heavy (non-hydrogen) atoms. The Hall–Kier alpha value is -2.17. The number of likely N-dealkylation sites (tertiary alicyclic amines) is 1. The fourth-order valence-corrected chi connectivity index (χ4v) is 4.29. The van der Waals surface area contributed by atoms with Gasteiger partial charge in [-0.3, -0.25) is 4.79 Å². The van der Waals surface area contributed by atoms with Gasteiger partial charge in [0.05, 0.1) is 5.92 Å². The van der Waals surface area contributed by atoms with Gasteiger partial charge in [-0.15, -0.1) is 0 Å². The van der Waals surface area contributed by atoms with E-state index in [1.807, 2.05) is 17.0 Å². The van der Waals surface area contributed by atoms with Crippen molar-refractivity contribution >= 4 is 5.91 Å². The van der Waals surface area contributed by atoms with Gasteiger partial charge in [-0.2, -0.15) is 4.98 Å². The zero-order valence-corrected chi connectivity index (χ0v) is 15.5. The molecule has 4 rings (SSSR count). The molecule has 1 atom stereocenters. The molecule has 0 radical (unpaired) electrons. The zero-order valence-electron chi connectivity index (χ0n) is 15.5. The summed E-state index contributed by atoms with van der Waals surface area (Å²) in [5.74, 6) is 2.03. The molecule has 1 aliphatic carbocycles. The Labute approximate surface area is 154 Å². The fraction of sp³-hybridized carbons (Fsp3) is 0.571. The predicted octanol–water partition coefficient (Wildman–Crippen LogP) is 4.33. The van der Waals surface area contributed by atoms with E-state index in [-0.39, 0.29) is 11.8 Å². The number of carbonyl (C=O) groups is 1. The predicted molar refractivity (Wildman–Crippen MR) is 99.6 cm³/mol. The van der Waals surface area contributed by atoms with Crippen LogP contribution in [0.1, 0.15) is 62.3 Å². The molecule has 5 heteroatoms. The van der Waals surface area contributed by atoms with Crippen LogP contribution in [0.3, 0.4) is 0 Å². The quantitative estimate of drug-likeness (QED) is 0.824. The maximum atomic E-state index is 12.9. The van der Waals surface area contributed by atoms with E-state index in [4.69, 9.17) is 4.52 Å². The van der Waals surface area contributed by atoms with E-state index in [2.05, 4.69) is 29.2 Å². The number of benzene rings is 1. The molecule has 0 bridgehead atoms. The minimum Gasteiger partial charge on any atom is -0.342 e. The van der Waals surface area contributed by atoms with Gasteiger partial charge in [-0.05, 0) is 38.7 Å². The van der Waals surface area contributed by atoms with Crippen LogP contribution in [0.2, 0.25) is 0 Å². The number of aromatic nitrogens is 2. The first-order valence-electron chi connectivity index (χ1n) is 9.90. The molecule has 1 saturated carbocycles. The third-order valence-electron chi connectivity index (χ3n) is 5.75. The van der Waals surface area contributed by atoms with Crippen molar-refractivity contribution in [2.45, 2.75) is 57.8 Å². The van der Waals surface area contributed by atoms with E-state index in [1.54, 1.807) is 0 Å². The van der Waals surface area contributed by atoms with Gasteiger partial charge in [-0.25, -0.2) is 0 Å². The molecular weight excluding hydrogens is 326 g/mol. The smallest absolute Gasteiger partial charge is 0.231 e. The van der Waals surface area contributed by atoms with Crippen molar-refractivity contribution in [1.29, 1.82) is 0 Å². The first kappa shape index (κ1) is 17.3. The number of aryl methyl sites for hydroxylation is 1. The average molecular weight is 353 g/mol. The highest BCUT2D eigenvalue weighted by Gasteiger charge is 2.32. The van der Waals surface area contributed by atoms with E-state index in [9.17, 15) is 4.79 Å². The standard InChI is InChI=1S/C21H27N3O2/c1-15-7-5-10-17(13-15)19-22-20(26-23-19)18-11-6-12-24(14-18)21(25)16-8-3-2-4-9-16/h5,7,10,13,16,18H,2-4,6,8-9,11-12,14H2,1H3. The topological polar surface area (TPSA) is 59.2 Å². The van der Waals surface area contributed by atoms with Crippen LogP contribution in [0, 0.1) is 12.8 Å². The fourth-order valence-electron chi connectivity index (χ4n) is 4.29. The highest BCUT2D eigenvalue weighted by molar-refractivity contribution is 5.79. The first-order valence-corrected chi connectivity index (χ1v) is 9.90. The summed E-state index contributed by atoms with van der Waals surface area (Å²) >= 11 is 0. The van der Waals surface area contributed by atoms with Crippen molar-refractivity contribution in [2.75, 3.05) is 13.1 Å². The average Bonchev–Trinajstić information content (AvgIpc) is 3.19. The highest BCUT2D eigenvalue weighted by atomic mass is 16.5. The molecule has 0 N–H and O–H groups in total. The summed E-state index contributed by atoms with van der Waals surface area (Å²) in [5, 5.41) is 4.17. The van der Waals surface area contributed by atoms with Crippen molar-refractivity contribution in [3.63, 3.8) is 0 Å². The van der Waals surface area contributed by atoms with E-state index >= 15 is 0 Å². The number of nitrogens with zero attached hydrogens (tertiary/aromatic N) is 3. The molecule has 1 amide bonds. The second-order valence-electron chi connectivity index (χ2n) is 7.78. The number of rotatable bonds is 3. The second kappa shape index (κ2) is 7.60. The van der Waals surface area contributed by atoms with Crippen LogP contribution in [-0.4, -0.2) is 34.0 Å². The summed E-state index contributed by atoms with van der Waals surface area (Å²) < 4.78 is 5.57. The molecule has 2 fully saturated rings. The summed E-state index contributed by atoms with van der Waals surface area (Å²) in [7, 11) is 0. The van der Waals surface area contributed by atoms with E-state index < -0.39 is 0 Å². The van der Waals surface area contributed by atoms with Crippen LogP contribution in [0.5, 0.6) is 0 Å².